The Kier molecular flexibility index (Phi) is 5.89. The Morgan fingerprint density at radius 3 is 2.46 bits per heavy atom. The van der Waals surface area contributed by atoms with Crippen LogP contribution < -0.4 is 10.1 Å². The molecule has 1 atom stereocenters. The third-order valence-electron chi connectivity index (χ3n) is 3.55. The van der Waals surface area contributed by atoms with Gasteiger partial charge in [0.15, 0.2) is 0 Å². The van der Waals surface area contributed by atoms with Crippen LogP contribution in [0.1, 0.15) is 24.3 Å². The molecule has 0 bridgehead atoms. The first-order valence-corrected chi connectivity index (χ1v) is 7.39. The number of halogens is 1. The normalized spacial score (nSPS) is 11.6. The highest BCUT2D eigenvalue weighted by molar-refractivity contribution is 5.91. The van der Waals surface area contributed by atoms with Gasteiger partial charge < -0.3 is 15.2 Å². The summed E-state index contributed by atoms with van der Waals surface area (Å²) in [5.74, 6) is -1.65. The zero-order valence-electron chi connectivity index (χ0n) is 13.2. The first-order chi connectivity index (χ1) is 11.5. The van der Waals surface area contributed by atoms with E-state index in [4.69, 9.17) is 9.84 Å². The lowest BCUT2D eigenvalue weighted by atomic mass is 9.92. The van der Waals surface area contributed by atoms with Crippen molar-refractivity contribution in [3.05, 3.63) is 59.9 Å². The van der Waals surface area contributed by atoms with Crippen LogP contribution in [0.3, 0.4) is 0 Å². The van der Waals surface area contributed by atoms with E-state index in [0.29, 0.717) is 11.4 Å². The van der Waals surface area contributed by atoms with Crippen LogP contribution in [0.15, 0.2) is 48.5 Å². The summed E-state index contributed by atoms with van der Waals surface area (Å²) in [5.41, 5.74) is 1.07. The molecule has 2 aromatic carbocycles. The van der Waals surface area contributed by atoms with Crippen molar-refractivity contribution in [1.82, 2.24) is 0 Å². The maximum Gasteiger partial charge on any atom is 0.303 e. The fourth-order valence-corrected chi connectivity index (χ4v) is 2.40. The minimum Gasteiger partial charge on any atom is -0.497 e. The Morgan fingerprint density at radius 1 is 1.17 bits per heavy atom. The van der Waals surface area contributed by atoms with E-state index in [1.165, 1.54) is 25.3 Å². The molecule has 0 unspecified atom stereocenters. The molecule has 5 nitrogen and oxygen atoms in total. The van der Waals surface area contributed by atoms with Crippen molar-refractivity contribution in [1.29, 1.82) is 0 Å². The monoisotopic (exact) mass is 331 g/mol. The fourth-order valence-electron chi connectivity index (χ4n) is 2.40. The van der Waals surface area contributed by atoms with Crippen LogP contribution >= 0.6 is 0 Å². The number of aliphatic carboxylic acids is 1. The lowest BCUT2D eigenvalue weighted by molar-refractivity contribution is -0.137. The van der Waals surface area contributed by atoms with Crippen molar-refractivity contribution in [2.75, 3.05) is 12.4 Å². The third-order valence-corrected chi connectivity index (χ3v) is 3.55. The molecule has 0 heterocycles. The van der Waals surface area contributed by atoms with Crippen LogP contribution in [0.2, 0.25) is 0 Å². The summed E-state index contributed by atoms with van der Waals surface area (Å²) in [4.78, 5) is 23.2. The fraction of sp³-hybridized carbons (Fsp3) is 0.222. The number of carboxylic acids is 1. The highest BCUT2D eigenvalue weighted by Crippen LogP contribution is 2.26. The second-order valence-electron chi connectivity index (χ2n) is 5.33. The van der Waals surface area contributed by atoms with Gasteiger partial charge in [-0.05, 0) is 35.9 Å². The van der Waals surface area contributed by atoms with Crippen molar-refractivity contribution in [3.8, 4) is 5.75 Å². The van der Waals surface area contributed by atoms with E-state index in [-0.39, 0.29) is 18.7 Å². The molecule has 6 heteroatoms. The van der Waals surface area contributed by atoms with Crippen LogP contribution in [0.5, 0.6) is 5.75 Å². The first kappa shape index (κ1) is 17.5. The molecule has 126 valence electrons. The van der Waals surface area contributed by atoms with Crippen molar-refractivity contribution >= 4 is 17.6 Å². The molecular weight excluding hydrogens is 313 g/mol. The van der Waals surface area contributed by atoms with E-state index in [1.807, 2.05) is 0 Å². The largest absolute Gasteiger partial charge is 0.497 e. The highest BCUT2D eigenvalue weighted by atomic mass is 19.1. The molecule has 0 radical (unpaired) electrons. The number of carboxylic acid groups (broad SMARTS) is 1. The standard InChI is InChI=1S/C18H18FNO4/c1-24-16-7-5-12(6-8-16)13(10-18(22)23)9-17(21)20-15-4-2-3-14(19)11-15/h2-8,11,13H,9-10H2,1H3,(H,20,21)(H,22,23)/t13-/m0/s1. The number of amides is 1. The Bertz CT molecular complexity index is 715. The zero-order chi connectivity index (χ0) is 17.5. The molecule has 0 fully saturated rings. The summed E-state index contributed by atoms with van der Waals surface area (Å²) in [6, 6.07) is 12.5. The van der Waals surface area contributed by atoms with E-state index in [9.17, 15) is 14.0 Å². The zero-order valence-corrected chi connectivity index (χ0v) is 13.2. The molecule has 2 N–H and O–H groups in total. The molecule has 0 aliphatic rings. The summed E-state index contributed by atoms with van der Waals surface area (Å²) in [6.45, 7) is 0. The predicted octanol–water partition coefficient (Wildman–Crippen LogP) is 3.42. The number of carbonyl (C=O) groups excluding carboxylic acids is 1. The molecule has 1 amide bonds. The second-order valence-corrected chi connectivity index (χ2v) is 5.33. The number of methoxy groups -OCH3 is 1. The van der Waals surface area contributed by atoms with Crippen LogP contribution in [-0.4, -0.2) is 24.1 Å². The van der Waals surface area contributed by atoms with E-state index in [1.54, 1.807) is 30.3 Å². The van der Waals surface area contributed by atoms with Gasteiger partial charge in [0, 0.05) is 18.0 Å². The number of hydrogen-bond donors (Lipinski definition) is 2. The molecule has 2 rings (SSSR count). The Morgan fingerprint density at radius 2 is 1.88 bits per heavy atom. The van der Waals surface area contributed by atoms with Crippen molar-refractivity contribution in [3.63, 3.8) is 0 Å². The molecule has 0 aliphatic heterocycles. The van der Waals surface area contributed by atoms with Gasteiger partial charge in [0.25, 0.3) is 0 Å². The smallest absolute Gasteiger partial charge is 0.303 e. The van der Waals surface area contributed by atoms with Crippen molar-refractivity contribution in [2.24, 2.45) is 0 Å². The molecular formula is C18H18FNO4. The number of carbonyl (C=O) groups is 2. The molecule has 0 saturated heterocycles. The summed E-state index contributed by atoms with van der Waals surface area (Å²) >= 11 is 0. The molecule has 2 aromatic rings. The summed E-state index contributed by atoms with van der Waals surface area (Å²) in [5, 5.41) is 11.7. The maximum absolute atomic E-state index is 13.1. The topological polar surface area (TPSA) is 75.6 Å². The number of nitrogens with one attached hydrogen (secondary N) is 1. The molecule has 0 saturated carbocycles. The minimum atomic E-state index is -0.991. The predicted molar refractivity (Wildman–Crippen MR) is 87.6 cm³/mol. The molecule has 0 spiro atoms. The first-order valence-electron chi connectivity index (χ1n) is 7.39. The van der Waals surface area contributed by atoms with Crippen LogP contribution in [0, 0.1) is 5.82 Å². The Labute approximate surface area is 139 Å². The molecule has 24 heavy (non-hydrogen) atoms. The van der Waals surface area contributed by atoms with Crippen molar-refractivity contribution < 1.29 is 23.8 Å². The van der Waals surface area contributed by atoms with Gasteiger partial charge in [-0.2, -0.15) is 0 Å². The van der Waals surface area contributed by atoms with Crippen LogP contribution in [-0.2, 0) is 9.59 Å². The number of rotatable bonds is 7. The average Bonchev–Trinajstić information content (AvgIpc) is 2.54. The van der Waals surface area contributed by atoms with Crippen LogP contribution in [0.25, 0.3) is 0 Å². The van der Waals surface area contributed by atoms with Crippen LogP contribution in [0.4, 0.5) is 10.1 Å². The van der Waals surface area contributed by atoms with Gasteiger partial charge in [-0.3, -0.25) is 9.59 Å². The van der Waals surface area contributed by atoms with Gasteiger partial charge in [-0.25, -0.2) is 4.39 Å². The van der Waals surface area contributed by atoms with E-state index in [0.717, 1.165) is 5.56 Å². The Hall–Kier alpha value is -2.89. The third kappa shape index (κ3) is 5.08. The second kappa shape index (κ2) is 8.10. The van der Waals surface area contributed by atoms with E-state index < -0.39 is 17.7 Å². The van der Waals surface area contributed by atoms with E-state index in [2.05, 4.69) is 5.32 Å². The lowest BCUT2D eigenvalue weighted by Gasteiger charge is -2.16. The number of benzene rings is 2. The average molecular weight is 331 g/mol. The van der Waals surface area contributed by atoms with Gasteiger partial charge in [0.1, 0.15) is 11.6 Å². The van der Waals surface area contributed by atoms with Gasteiger partial charge >= 0.3 is 5.97 Å². The molecule has 0 aromatic heterocycles. The number of ether oxygens (including phenoxy) is 1. The highest BCUT2D eigenvalue weighted by Gasteiger charge is 2.19. The van der Waals surface area contributed by atoms with Gasteiger partial charge in [-0.1, -0.05) is 18.2 Å². The number of anilines is 1. The Balaban J connectivity index is 2.09. The van der Waals surface area contributed by atoms with E-state index >= 15 is 0 Å². The lowest BCUT2D eigenvalue weighted by Crippen LogP contribution is -2.17. The summed E-state index contributed by atoms with van der Waals surface area (Å²) in [6.07, 6.45) is -0.196. The van der Waals surface area contributed by atoms with Gasteiger partial charge in [-0.15, -0.1) is 0 Å². The molecule has 0 aliphatic carbocycles. The van der Waals surface area contributed by atoms with Crippen molar-refractivity contribution in [2.45, 2.75) is 18.8 Å². The summed E-state index contributed by atoms with van der Waals surface area (Å²) in [7, 11) is 1.54. The maximum atomic E-state index is 13.1. The van der Waals surface area contributed by atoms with Gasteiger partial charge in [0.2, 0.25) is 5.91 Å². The minimum absolute atomic E-state index is 0.0187. The van der Waals surface area contributed by atoms with Gasteiger partial charge in [0.05, 0.1) is 13.5 Å². The summed E-state index contributed by atoms with van der Waals surface area (Å²) < 4.78 is 18.2. The quantitative estimate of drug-likeness (QED) is 0.815. The number of hydrogen-bond acceptors (Lipinski definition) is 3. The SMILES string of the molecule is COc1ccc([C@H](CC(=O)O)CC(=O)Nc2cccc(F)c2)cc1.